The smallest absolute Gasteiger partial charge is 0.123 e. The van der Waals surface area contributed by atoms with E-state index in [9.17, 15) is 5.11 Å². The van der Waals surface area contributed by atoms with Gasteiger partial charge in [-0.2, -0.15) is 5.10 Å². The Morgan fingerprint density at radius 1 is 1.08 bits per heavy atom. The van der Waals surface area contributed by atoms with Gasteiger partial charge in [0, 0.05) is 35.6 Å². The maximum absolute atomic E-state index is 10.5. The molecule has 130 valence electrons. The van der Waals surface area contributed by atoms with Gasteiger partial charge in [-0.1, -0.05) is 45.4 Å². The summed E-state index contributed by atoms with van der Waals surface area (Å²) in [5.41, 5.74) is 5.00. The first kappa shape index (κ1) is 17.2. The Labute approximate surface area is 149 Å². The molecule has 0 atom stereocenters. The van der Waals surface area contributed by atoms with E-state index in [1.165, 1.54) is 0 Å². The van der Waals surface area contributed by atoms with E-state index in [2.05, 4.69) is 30.4 Å². The van der Waals surface area contributed by atoms with Gasteiger partial charge in [-0.15, -0.1) is 0 Å². The molecular weight excluding hydrogens is 310 g/mol. The van der Waals surface area contributed by atoms with Crippen molar-refractivity contribution in [1.82, 2.24) is 14.8 Å². The van der Waals surface area contributed by atoms with Crippen LogP contribution in [0.25, 0.3) is 22.4 Å². The highest BCUT2D eigenvalue weighted by atomic mass is 16.3. The van der Waals surface area contributed by atoms with E-state index in [0.29, 0.717) is 0 Å². The van der Waals surface area contributed by atoms with Gasteiger partial charge in [-0.05, 0) is 30.5 Å². The van der Waals surface area contributed by atoms with Crippen LogP contribution in [0.15, 0.2) is 48.8 Å². The zero-order valence-corrected chi connectivity index (χ0v) is 15.1. The number of para-hydroxylation sites is 1. The van der Waals surface area contributed by atoms with Gasteiger partial charge in [0.05, 0.1) is 11.4 Å². The Bertz CT molecular complexity index is 838. The Morgan fingerprint density at radius 3 is 2.44 bits per heavy atom. The molecule has 2 aromatic heterocycles. The second kappa shape index (κ2) is 7.51. The normalized spacial score (nSPS) is 11.2. The largest absolute Gasteiger partial charge is 0.507 e. The lowest BCUT2D eigenvalue weighted by atomic mass is 9.94. The summed E-state index contributed by atoms with van der Waals surface area (Å²) >= 11 is 0. The van der Waals surface area contributed by atoms with Gasteiger partial charge in [-0.3, -0.25) is 9.67 Å². The number of pyridine rings is 1. The number of aromatic hydroxyl groups is 1. The molecular formula is C21H25N3O. The molecule has 0 radical (unpaired) electrons. The predicted molar refractivity (Wildman–Crippen MR) is 102 cm³/mol. The van der Waals surface area contributed by atoms with E-state index < -0.39 is 0 Å². The van der Waals surface area contributed by atoms with E-state index in [1.807, 2.05) is 30.3 Å². The fourth-order valence-electron chi connectivity index (χ4n) is 3.11. The van der Waals surface area contributed by atoms with Crippen molar-refractivity contribution in [1.29, 1.82) is 0 Å². The van der Waals surface area contributed by atoms with Crippen LogP contribution < -0.4 is 0 Å². The number of aromatic nitrogens is 3. The van der Waals surface area contributed by atoms with Crippen LogP contribution in [-0.4, -0.2) is 19.9 Å². The lowest BCUT2D eigenvalue weighted by Crippen LogP contribution is -2.03. The van der Waals surface area contributed by atoms with E-state index in [0.717, 1.165) is 47.5 Å². The molecule has 2 heterocycles. The van der Waals surface area contributed by atoms with Gasteiger partial charge in [0.25, 0.3) is 0 Å². The number of rotatable bonds is 6. The molecule has 0 saturated heterocycles. The average Bonchev–Trinajstić information content (AvgIpc) is 3.00. The summed E-state index contributed by atoms with van der Waals surface area (Å²) in [4.78, 5) is 4.15. The monoisotopic (exact) mass is 335 g/mol. The molecule has 3 rings (SSSR count). The summed E-state index contributed by atoms with van der Waals surface area (Å²) in [5.74, 6) is 0.549. The molecule has 0 aliphatic carbocycles. The summed E-state index contributed by atoms with van der Waals surface area (Å²) in [5, 5.41) is 15.4. The first-order valence-corrected chi connectivity index (χ1v) is 8.93. The van der Waals surface area contributed by atoms with Gasteiger partial charge in [0.2, 0.25) is 0 Å². The molecule has 3 aromatic rings. The Kier molecular flexibility index (Phi) is 5.17. The third-order valence-corrected chi connectivity index (χ3v) is 4.38. The number of phenolic OH excluding ortho intramolecular Hbond substituents is 1. The van der Waals surface area contributed by atoms with Gasteiger partial charge in [0.1, 0.15) is 5.75 Å². The van der Waals surface area contributed by atoms with Gasteiger partial charge < -0.3 is 5.11 Å². The van der Waals surface area contributed by atoms with Crippen molar-refractivity contribution >= 4 is 0 Å². The molecule has 4 heteroatoms. The minimum Gasteiger partial charge on any atom is -0.507 e. The highest BCUT2D eigenvalue weighted by Crippen LogP contribution is 2.41. The quantitative estimate of drug-likeness (QED) is 0.670. The van der Waals surface area contributed by atoms with Crippen LogP contribution >= 0.6 is 0 Å². The number of phenols is 1. The van der Waals surface area contributed by atoms with Crippen LogP contribution in [0, 0.1) is 0 Å². The molecule has 0 fully saturated rings. The highest BCUT2D eigenvalue weighted by Gasteiger charge is 2.24. The lowest BCUT2D eigenvalue weighted by molar-refractivity contribution is 0.477. The van der Waals surface area contributed by atoms with Crippen molar-refractivity contribution in [3.63, 3.8) is 0 Å². The third kappa shape index (κ3) is 3.43. The molecule has 0 bridgehead atoms. The van der Waals surface area contributed by atoms with Crippen molar-refractivity contribution < 1.29 is 5.11 Å². The minimum atomic E-state index is 0.262. The Balaban J connectivity index is 2.30. The fourth-order valence-corrected chi connectivity index (χ4v) is 3.11. The first-order valence-electron chi connectivity index (χ1n) is 8.93. The number of nitrogens with zero attached hydrogens (tertiary/aromatic N) is 3. The highest BCUT2D eigenvalue weighted by molar-refractivity contribution is 5.86. The molecule has 0 saturated carbocycles. The zero-order chi connectivity index (χ0) is 17.8. The van der Waals surface area contributed by atoms with Crippen LogP contribution in [0.1, 0.15) is 45.2 Å². The number of hydrogen-bond donors (Lipinski definition) is 1. The van der Waals surface area contributed by atoms with Crippen LogP contribution in [0.4, 0.5) is 0 Å². The van der Waals surface area contributed by atoms with Gasteiger partial charge in [-0.25, -0.2) is 0 Å². The standard InChI is InChI=1S/C21H25N3O/c1-4-5-14-24-21(16-10-12-22-13-11-16)19(20(23-24)15(2)3)17-8-6-7-9-18(17)25/h6-13,15,25H,4-5,14H2,1-3H3. The van der Waals surface area contributed by atoms with Crippen LogP contribution in [0.5, 0.6) is 5.75 Å². The van der Waals surface area contributed by atoms with E-state index >= 15 is 0 Å². The summed E-state index contributed by atoms with van der Waals surface area (Å²) in [6.07, 6.45) is 5.78. The predicted octanol–water partition coefficient (Wildman–Crippen LogP) is 5.24. The third-order valence-electron chi connectivity index (χ3n) is 4.38. The van der Waals surface area contributed by atoms with E-state index in [-0.39, 0.29) is 11.7 Å². The first-order chi connectivity index (χ1) is 12.1. The van der Waals surface area contributed by atoms with Crippen LogP contribution in [0.3, 0.4) is 0 Å². The molecule has 0 aliphatic rings. The number of benzene rings is 1. The van der Waals surface area contributed by atoms with E-state index in [1.54, 1.807) is 18.5 Å². The Hall–Kier alpha value is -2.62. The second-order valence-corrected chi connectivity index (χ2v) is 6.59. The number of unbranched alkanes of at least 4 members (excludes halogenated alkanes) is 1. The molecule has 25 heavy (non-hydrogen) atoms. The van der Waals surface area contributed by atoms with Crippen molar-refractivity contribution in [2.45, 2.75) is 46.1 Å². The summed E-state index contributed by atoms with van der Waals surface area (Å²) in [6, 6.07) is 11.5. The molecule has 0 aliphatic heterocycles. The van der Waals surface area contributed by atoms with Crippen molar-refractivity contribution in [3.8, 4) is 28.1 Å². The van der Waals surface area contributed by atoms with Crippen molar-refractivity contribution in [2.24, 2.45) is 0 Å². The number of aryl methyl sites for hydroxylation is 1. The SMILES string of the molecule is CCCCn1nc(C(C)C)c(-c2ccccc2O)c1-c1ccncc1. The number of hydrogen-bond acceptors (Lipinski definition) is 3. The second-order valence-electron chi connectivity index (χ2n) is 6.59. The average molecular weight is 335 g/mol. The van der Waals surface area contributed by atoms with E-state index in [4.69, 9.17) is 5.10 Å². The topological polar surface area (TPSA) is 50.9 Å². The summed E-state index contributed by atoms with van der Waals surface area (Å²) in [6.45, 7) is 7.34. The minimum absolute atomic E-state index is 0.262. The maximum Gasteiger partial charge on any atom is 0.123 e. The molecule has 0 unspecified atom stereocenters. The molecule has 1 aromatic carbocycles. The molecule has 1 N–H and O–H groups in total. The van der Waals surface area contributed by atoms with Gasteiger partial charge >= 0.3 is 0 Å². The molecule has 4 nitrogen and oxygen atoms in total. The van der Waals surface area contributed by atoms with Crippen molar-refractivity contribution in [3.05, 3.63) is 54.5 Å². The lowest BCUT2D eigenvalue weighted by Gasteiger charge is -2.12. The van der Waals surface area contributed by atoms with Gasteiger partial charge in [0.15, 0.2) is 0 Å². The summed E-state index contributed by atoms with van der Waals surface area (Å²) in [7, 11) is 0. The van der Waals surface area contributed by atoms with Crippen LogP contribution in [-0.2, 0) is 6.54 Å². The van der Waals surface area contributed by atoms with Crippen LogP contribution in [0.2, 0.25) is 0 Å². The fraction of sp³-hybridized carbons (Fsp3) is 0.333. The maximum atomic E-state index is 10.5. The molecule has 0 amide bonds. The Morgan fingerprint density at radius 2 is 1.80 bits per heavy atom. The van der Waals surface area contributed by atoms with Crippen molar-refractivity contribution in [2.75, 3.05) is 0 Å². The zero-order valence-electron chi connectivity index (χ0n) is 15.1. The molecule has 0 spiro atoms. The summed E-state index contributed by atoms with van der Waals surface area (Å²) < 4.78 is 2.09.